The van der Waals surface area contributed by atoms with Gasteiger partial charge in [0.05, 0.1) is 8.45 Å². The van der Waals surface area contributed by atoms with Gasteiger partial charge in [0.25, 0.3) is 5.91 Å². The van der Waals surface area contributed by atoms with E-state index in [4.69, 9.17) is 0 Å². The molecular formula is C11H14INOS2. The van der Waals surface area contributed by atoms with E-state index in [0.717, 1.165) is 17.9 Å². The quantitative estimate of drug-likeness (QED) is 0.710. The number of rotatable bonds is 1. The molecule has 1 amide bonds. The molecule has 0 N–H and O–H groups in total. The summed E-state index contributed by atoms with van der Waals surface area (Å²) in [4.78, 5) is 14.3. The number of hydrogen-bond donors (Lipinski definition) is 0. The van der Waals surface area contributed by atoms with Crippen LogP contribution in [-0.2, 0) is 0 Å². The van der Waals surface area contributed by atoms with E-state index in [0.29, 0.717) is 11.3 Å². The third-order valence-corrected chi connectivity index (χ3v) is 6.09. The molecule has 1 fully saturated rings. The van der Waals surface area contributed by atoms with Crippen LogP contribution >= 0.6 is 45.7 Å². The fourth-order valence-corrected chi connectivity index (χ4v) is 4.23. The summed E-state index contributed by atoms with van der Waals surface area (Å²) in [5, 5.41) is 2.50. The smallest absolute Gasteiger partial charge is 0.255 e. The first-order valence-corrected chi connectivity index (χ1v) is 8.27. The maximum atomic E-state index is 12.3. The highest BCUT2D eigenvalue weighted by molar-refractivity contribution is 14.1. The predicted octanol–water partition coefficient (Wildman–Crippen LogP) is 3.32. The number of hydrogen-bond acceptors (Lipinski definition) is 3. The van der Waals surface area contributed by atoms with E-state index in [1.54, 1.807) is 11.3 Å². The molecule has 0 radical (unpaired) electrons. The Morgan fingerprint density at radius 2 is 2.31 bits per heavy atom. The highest BCUT2D eigenvalue weighted by Gasteiger charge is 2.29. The van der Waals surface area contributed by atoms with Crippen molar-refractivity contribution in [2.75, 3.05) is 12.3 Å². The summed E-state index contributed by atoms with van der Waals surface area (Å²) in [7, 11) is 0. The lowest BCUT2D eigenvalue weighted by Crippen LogP contribution is -2.47. The molecule has 2 atom stereocenters. The van der Waals surface area contributed by atoms with Gasteiger partial charge in [-0.2, -0.15) is 11.8 Å². The van der Waals surface area contributed by atoms with Gasteiger partial charge in [0.1, 0.15) is 0 Å². The summed E-state index contributed by atoms with van der Waals surface area (Å²) in [5.41, 5.74) is 0.848. The first-order chi connectivity index (χ1) is 7.59. The van der Waals surface area contributed by atoms with E-state index < -0.39 is 0 Å². The fourth-order valence-electron chi connectivity index (χ4n) is 1.81. The molecule has 0 bridgehead atoms. The monoisotopic (exact) mass is 367 g/mol. The Morgan fingerprint density at radius 1 is 1.56 bits per heavy atom. The zero-order valence-electron chi connectivity index (χ0n) is 9.27. The van der Waals surface area contributed by atoms with Crippen molar-refractivity contribution in [3.05, 3.63) is 19.9 Å². The van der Waals surface area contributed by atoms with Crippen LogP contribution in [0.3, 0.4) is 0 Å². The summed E-state index contributed by atoms with van der Waals surface area (Å²) in [6.45, 7) is 5.22. The van der Waals surface area contributed by atoms with Crippen LogP contribution in [0.2, 0.25) is 0 Å². The van der Waals surface area contributed by atoms with Crippen LogP contribution in [0, 0.1) is 2.88 Å². The van der Waals surface area contributed by atoms with Crippen molar-refractivity contribution in [3.63, 3.8) is 0 Å². The average Bonchev–Trinajstić information content (AvgIpc) is 2.68. The van der Waals surface area contributed by atoms with Gasteiger partial charge < -0.3 is 4.90 Å². The molecule has 0 aliphatic carbocycles. The lowest BCUT2D eigenvalue weighted by Gasteiger charge is -2.37. The van der Waals surface area contributed by atoms with Gasteiger partial charge in [-0.3, -0.25) is 4.79 Å². The second kappa shape index (κ2) is 5.27. The molecule has 1 aliphatic heterocycles. The molecule has 2 unspecified atom stereocenters. The van der Waals surface area contributed by atoms with Crippen molar-refractivity contribution in [3.8, 4) is 0 Å². The van der Waals surface area contributed by atoms with Crippen molar-refractivity contribution in [1.82, 2.24) is 4.90 Å². The van der Waals surface area contributed by atoms with E-state index >= 15 is 0 Å². The van der Waals surface area contributed by atoms with E-state index in [9.17, 15) is 4.79 Å². The highest BCUT2D eigenvalue weighted by atomic mass is 127. The normalized spacial score (nSPS) is 25.8. The number of amides is 1. The van der Waals surface area contributed by atoms with E-state index in [1.807, 2.05) is 28.1 Å². The lowest BCUT2D eigenvalue weighted by atomic mass is 10.1. The molecule has 2 heterocycles. The standard InChI is InChI=1S/C11H14INOS2/c1-7-8(2)15-4-3-13(7)11(14)9-5-10(12)16-6-9/h5-8H,3-4H2,1-2H3. The second-order valence-electron chi connectivity index (χ2n) is 3.95. The SMILES string of the molecule is CC1SCCN(C(=O)c2csc(I)c2)C1C. The Hall–Kier alpha value is 0.250. The number of thioether (sulfide) groups is 1. The minimum Gasteiger partial charge on any atom is -0.334 e. The molecule has 0 saturated carbocycles. The van der Waals surface area contributed by atoms with Gasteiger partial charge in [-0.15, -0.1) is 11.3 Å². The first-order valence-electron chi connectivity index (χ1n) is 5.26. The van der Waals surface area contributed by atoms with Gasteiger partial charge >= 0.3 is 0 Å². The van der Waals surface area contributed by atoms with Crippen molar-refractivity contribution < 1.29 is 4.79 Å². The van der Waals surface area contributed by atoms with Crippen LogP contribution in [-0.4, -0.2) is 34.4 Å². The Bertz CT molecular complexity index is 393. The zero-order valence-corrected chi connectivity index (χ0v) is 13.1. The van der Waals surface area contributed by atoms with Crippen molar-refractivity contribution >= 4 is 51.6 Å². The molecule has 0 spiro atoms. The molecule has 88 valence electrons. The Balaban J connectivity index is 2.15. The van der Waals surface area contributed by atoms with Crippen molar-refractivity contribution in [2.24, 2.45) is 0 Å². The molecule has 2 nitrogen and oxygen atoms in total. The molecule has 1 saturated heterocycles. The van der Waals surface area contributed by atoms with Gasteiger partial charge in [-0.25, -0.2) is 0 Å². The van der Waals surface area contributed by atoms with Crippen LogP contribution in [0.15, 0.2) is 11.4 Å². The summed E-state index contributed by atoms with van der Waals surface area (Å²) in [6.07, 6.45) is 0. The van der Waals surface area contributed by atoms with Crippen LogP contribution in [0.5, 0.6) is 0 Å². The lowest BCUT2D eigenvalue weighted by molar-refractivity contribution is 0.0698. The summed E-state index contributed by atoms with van der Waals surface area (Å²) in [6, 6.07) is 2.32. The summed E-state index contributed by atoms with van der Waals surface area (Å²) in [5.74, 6) is 1.25. The van der Waals surface area contributed by atoms with E-state index in [-0.39, 0.29) is 5.91 Å². The predicted molar refractivity (Wildman–Crippen MR) is 79.5 cm³/mol. The van der Waals surface area contributed by atoms with E-state index in [1.165, 1.54) is 2.88 Å². The number of carbonyl (C=O) groups excluding carboxylic acids is 1. The average molecular weight is 367 g/mol. The molecule has 5 heteroatoms. The van der Waals surface area contributed by atoms with Crippen LogP contribution < -0.4 is 0 Å². The van der Waals surface area contributed by atoms with Gasteiger partial charge in [-0.1, -0.05) is 6.92 Å². The number of nitrogens with zero attached hydrogens (tertiary/aromatic N) is 1. The topological polar surface area (TPSA) is 20.3 Å². The molecular weight excluding hydrogens is 353 g/mol. The molecule has 1 aromatic rings. The molecule has 2 rings (SSSR count). The number of carbonyl (C=O) groups is 1. The molecule has 16 heavy (non-hydrogen) atoms. The minimum atomic E-state index is 0.193. The summed E-state index contributed by atoms with van der Waals surface area (Å²) < 4.78 is 1.17. The molecule has 1 aromatic heterocycles. The first kappa shape index (κ1) is 12.7. The van der Waals surface area contributed by atoms with Crippen molar-refractivity contribution in [1.29, 1.82) is 0 Å². The third-order valence-electron chi connectivity index (χ3n) is 2.96. The maximum Gasteiger partial charge on any atom is 0.255 e. The second-order valence-corrected chi connectivity index (χ2v) is 8.25. The van der Waals surface area contributed by atoms with Crippen LogP contribution in [0.25, 0.3) is 0 Å². The van der Waals surface area contributed by atoms with Crippen molar-refractivity contribution in [2.45, 2.75) is 25.1 Å². The zero-order chi connectivity index (χ0) is 11.7. The molecule has 1 aliphatic rings. The number of thiophene rings is 1. The Kier molecular flexibility index (Phi) is 4.18. The Morgan fingerprint density at radius 3 is 2.94 bits per heavy atom. The molecule has 0 aromatic carbocycles. The minimum absolute atomic E-state index is 0.193. The van der Waals surface area contributed by atoms with Gasteiger partial charge in [-0.05, 0) is 35.6 Å². The number of halogens is 1. The van der Waals surface area contributed by atoms with Gasteiger partial charge in [0.2, 0.25) is 0 Å². The van der Waals surface area contributed by atoms with Gasteiger partial charge in [0, 0.05) is 29.0 Å². The van der Waals surface area contributed by atoms with Crippen LogP contribution in [0.1, 0.15) is 24.2 Å². The third kappa shape index (κ3) is 2.56. The highest BCUT2D eigenvalue weighted by Crippen LogP contribution is 2.26. The van der Waals surface area contributed by atoms with E-state index in [2.05, 4.69) is 36.4 Å². The fraction of sp³-hybridized carbons (Fsp3) is 0.545. The Labute approximate surface area is 118 Å². The largest absolute Gasteiger partial charge is 0.334 e. The van der Waals surface area contributed by atoms with Crippen LogP contribution in [0.4, 0.5) is 0 Å². The van der Waals surface area contributed by atoms with Gasteiger partial charge in [0.15, 0.2) is 0 Å². The maximum absolute atomic E-state index is 12.3. The summed E-state index contributed by atoms with van der Waals surface area (Å²) >= 11 is 5.85.